The lowest BCUT2D eigenvalue weighted by Gasteiger charge is -2.15. The second-order valence-corrected chi connectivity index (χ2v) is 6.24. The van der Waals surface area contributed by atoms with Crippen molar-refractivity contribution in [3.05, 3.63) is 34.6 Å². The minimum absolute atomic E-state index is 0.00321. The maximum absolute atomic E-state index is 13.2. The molecule has 1 N–H and O–H groups in total. The van der Waals surface area contributed by atoms with Gasteiger partial charge in [-0.25, -0.2) is 4.39 Å². The van der Waals surface area contributed by atoms with Gasteiger partial charge in [0.25, 0.3) is 0 Å². The predicted molar refractivity (Wildman–Crippen MR) is 69.5 cm³/mol. The summed E-state index contributed by atoms with van der Waals surface area (Å²) < 4.78 is 25.2. The van der Waals surface area contributed by atoms with Crippen LogP contribution in [-0.2, 0) is 21.3 Å². The van der Waals surface area contributed by atoms with E-state index >= 15 is 0 Å². The number of carboxylic acids is 1. The molecule has 100 valence electrons. The van der Waals surface area contributed by atoms with E-state index in [1.807, 2.05) is 0 Å². The average molecular weight is 293 g/mol. The molecule has 2 atom stereocenters. The largest absolute Gasteiger partial charge is 0.480 e. The molecule has 0 aliphatic rings. The van der Waals surface area contributed by atoms with Crippen LogP contribution in [-0.4, -0.2) is 20.5 Å². The SMILES string of the molecule is CC(C)C(C(=O)O)S(=O)Cc1ccc(Cl)c(F)c1. The molecule has 0 radical (unpaired) electrons. The van der Waals surface area contributed by atoms with Crippen molar-refractivity contribution in [2.45, 2.75) is 24.9 Å². The highest BCUT2D eigenvalue weighted by Crippen LogP contribution is 2.19. The van der Waals surface area contributed by atoms with Crippen LogP contribution in [0.1, 0.15) is 19.4 Å². The Kier molecular flexibility index (Phi) is 5.28. The van der Waals surface area contributed by atoms with E-state index in [9.17, 15) is 13.4 Å². The number of benzene rings is 1. The molecule has 0 aliphatic carbocycles. The fourth-order valence-corrected chi connectivity index (χ4v) is 3.22. The molecule has 1 aromatic carbocycles. The van der Waals surface area contributed by atoms with Crippen LogP contribution in [0.2, 0.25) is 5.02 Å². The number of aliphatic carboxylic acids is 1. The third kappa shape index (κ3) is 3.78. The smallest absolute Gasteiger partial charge is 0.319 e. The monoisotopic (exact) mass is 292 g/mol. The number of hydrogen-bond acceptors (Lipinski definition) is 2. The van der Waals surface area contributed by atoms with Crippen molar-refractivity contribution in [3.8, 4) is 0 Å². The zero-order valence-electron chi connectivity index (χ0n) is 10.0. The van der Waals surface area contributed by atoms with Gasteiger partial charge in [0.15, 0.2) is 0 Å². The molecule has 1 aromatic rings. The van der Waals surface area contributed by atoms with Crippen molar-refractivity contribution in [2.24, 2.45) is 5.92 Å². The molecule has 0 saturated heterocycles. The Morgan fingerprint density at radius 2 is 2.11 bits per heavy atom. The average Bonchev–Trinajstić information content (AvgIpc) is 2.22. The highest BCUT2D eigenvalue weighted by Gasteiger charge is 2.28. The van der Waals surface area contributed by atoms with Gasteiger partial charge in [-0.05, 0) is 23.6 Å². The second-order valence-electron chi connectivity index (χ2n) is 4.28. The van der Waals surface area contributed by atoms with Gasteiger partial charge in [0.1, 0.15) is 11.1 Å². The number of rotatable bonds is 5. The normalized spacial score (nSPS) is 14.5. The third-order valence-corrected chi connectivity index (χ3v) is 4.66. The molecule has 1 rings (SSSR count). The first-order chi connectivity index (χ1) is 8.32. The summed E-state index contributed by atoms with van der Waals surface area (Å²) in [7, 11) is -1.59. The van der Waals surface area contributed by atoms with E-state index in [1.54, 1.807) is 19.9 Å². The van der Waals surface area contributed by atoms with Crippen LogP contribution in [0.3, 0.4) is 0 Å². The van der Waals surface area contributed by atoms with E-state index in [0.29, 0.717) is 5.56 Å². The van der Waals surface area contributed by atoms with Crippen molar-refractivity contribution in [1.82, 2.24) is 0 Å². The van der Waals surface area contributed by atoms with Gasteiger partial charge in [-0.2, -0.15) is 0 Å². The van der Waals surface area contributed by atoms with Crippen LogP contribution in [0, 0.1) is 11.7 Å². The highest BCUT2D eigenvalue weighted by atomic mass is 35.5. The van der Waals surface area contributed by atoms with Crippen molar-refractivity contribution >= 4 is 28.4 Å². The van der Waals surface area contributed by atoms with E-state index in [1.165, 1.54) is 12.1 Å². The quantitative estimate of drug-likeness (QED) is 0.908. The summed E-state index contributed by atoms with van der Waals surface area (Å²) in [6, 6.07) is 4.09. The number of halogens is 2. The summed E-state index contributed by atoms with van der Waals surface area (Å²) in [6.45, 7) is 3.39. The second kappa shape index (κ2) is 6.29. The molecular formula is C12H14ClFO3S. The van der Waals surface area contributed by atoms with Crippen molar-refractivity contribution in [2.75, 3.05) is 0 Å². The minimum atomic E-state index is -1.59. The van der Waals surface area contributed by atoms with Crippen LogP contribution in [0.15, 0.2) is 18.2 Å². The Labute approximate surface area is 112 Å². The number of carbonyl (C=O) groups is 1. The number of hydrogen-bond donors (Lipinski definition) is 1. The molecule has 6 heteroatoms. The van der Waals surface area contributed by atoms with Gasteiger partial charge >= 0.3 is 5.97 Å². The molecule has 0 spiro atoms. The molecule has 0 heterocycles. The van der Waals surface area contributed by atoms with Gasteiger partial charge in [0.05, 0.1) is 5.02 Å². The summed E-state index contributed by atoms with van der Waals surface area (Å²) in [5, 5.41) is 8.04. The Bertz CT molecular complexity index is 476. The van der Waals surface area contributed by atoms with E-state index in [2.05, 4.69) is 0 Å². The standard InChI is InChI=1S/C12H14ClFO3S/c1-7(2)11(12(15)16)18(17)6-8-3-4-9(13)10(14)5-8/h3-5,7,11H,6H2,1-2H3,(H,15,16). The highest BCUT2D eigenvalue weighted by molar-refractivity contribution is 7.85. The summed E-state index contributed by atoms with van der Waals surface area (Å²) in [6.07, 6.45) is 0. The Hall–Kier alpha value is -0.940. The molecule has 0 fully saturated rings. The lowest BCUT2D eigenvalue weighted by molar-refractivity contribution is -0.137. The zero-order chi connectivity index (χ0) is 13.9. The molecule has 0 aromatic heterocycles. The molecular weight excluding hydrogens is 279 g/mol. The first-order valence-corrected chi connectivity index (χ1v) is 7.13. The van der Waals surface area contributed by atoms with E-state index in [0.717, 1.165) is 0 Å². The minimum Gasteiger partial charge on any atom is -0.480 e. The summed E-state index contributed by atoms with van der Waals surface area (Å²) in [5.74, 6) is -1.94. The third-order valence-electron chi connectivity index (χ3n) is 2.43. The topological polar surface area (TPSA) is 54.4 Å². The van der Waals surface area contributed by atoms with Gasteiger partial charge in [-0.1, -0.05) is 31.5 Å². The molecule has 3 nitrogen and oxygen atoms in total. The maximum Gasteiger partial charge on any atom is 0.319 e. The number of carboxylic acid groups (broad SMARTS) is 1. The van der Waals surface area contributed by atoms with Crippen LogP contribution < -0.4 is 0 Å². The van der Waals surface area contributed by atoms with Crippen molar-refractivity contribution in [1.29, 1.82) is 0 Å². The molecule has 18 heavy (non-hydrogen) atoms. The Morgan fingerprint density at radius 1 is 1.50 bits per heavy atom. The van der Waals surface area contributed by atoms with E-state index in [4.69, 9.17) is 16.7 Å². The van der Waals surface area contributed by atoms with Crippen molar-refractivity contribution in [3.63, 3.8) is 0 Å². The molecule has 0 aliphatic heterocycles. The van der Waals surface area contributed by atoms with Gasteiger partial charge in [-0.15, -0.1) is 0 Å². The first-order valence-electron chi connectivity index (χ1n) is 5.37. The van der Waals surface area contributed by atoms with Crippen molar-refractivity contribution < 1.29 is 18.5 Å². The zero-order valence-corrected chi connectivity index (χ0v) is 11.6. The molecule has 0 amide bonds. The molecule has 0 saturated carbocycles. The summed E-state index contributed by atoms with van der Waals surface area (Å²) in [4.78, 5) is 11.0. The summed E-state index contributed by atoms with van der Waals surface area (Å²) >= 11 is 5.54. The summed E-state index contributed by atoms with van der Waals surface area (Å²) in [5.41, 5.74) is 0.474. The Balaban J connectivity index is 2.86. The van der Waals surface area contributed by atoms with Gasteiger partial charge in [0, 0.05) is 16.6 Å². The van der Waals surface area contributed by atoms with Gasteiger partial charge < -0.3 is 5.11 Å². The molecule has 0 bridgehead atoms. The van der Waals surface area contributed by atoms with Gasteiger partial charge in [-0.3, -0.25) is 9.00 Å². The lowest BCUT2D eigenvalue weighted by atomic mass is 10.1. The van der Waals surface area contributed by atoms with Crippen LogP contribution >= 0.6 is 11.6 Å². The fraction of sp³-hybridized carbons (Fsp3) is 0.417. The van der Waals surface area contributed by atoms with E-state index in [-0.39, 0.29) is 16.7 Å². The first kappa shape index (κ1) is 15.1. The van der Waals surface area contributed by atoms with Crippen LogP contribution in [0.25, 0.3) is 0 Å². The van der Waals surface area contributed by atoms with Gasteiger partial charge in [0.2, 0.25) is 0 Å². The lowest BCUT2D eigenvalue weighted by Crippen LogP contribution is -2.31. The fourth-order valence-electron chi connectivity index (χ4n) is 1.58. The Morgan fingerprint density at radius 3 is 2.56 bits per heavy atom. The molecule has 2 unspecified atom stereocenters. The van der Waals surface area contributed by atoms with Crippen LogP contribution in [0.5, 0.6) is 0 Å². The predicted octanol–water partition coefficient (Wildman–Crippen LogP) is 2.84. The maximum atomic E-state index is 13.2. The van der Waals surface area contributed by atoms with E-state index < -0.39 is 27.8 Å². The van der Waals surface area contributed by atoms with Crippen LogP contribution in [0.4, 0.5) is 4.39 Å².